The smallest absolute Gasteiger partial charge is 0.367 e. The topological polar surface area (TPSA) is 35.6 Å². The van der Waals surface area contributed by atoms with Crippen LogP contribution in [-0.4, -0.2) is 48.7 Å². The number of benzene rings is 1. The van der Waals surface area contributed by atoms with Crippen molar-refractivity contribution in [3.8, 4) is 0 Å². The van der Waals surface area contributed by atoms with Crippen LogP contribution in [0.4, 0.5) is 24.5 Å². The lowest BCUT2D eigenvalue weighted by Crippen LogP contribution is -2.53. The zero-order valence-electron chi connectivity index (χ0n) is 13.9. The van der Waals surface area contributed by atoms with Gasteiger partial charge < -0.3 is 10.2 Å². The summed E-state index contributed by atoms with van der Waals surface area (Å²) in [6.45, 7) is 9.39. The van der Waals surface area contributed by atoms with Crippen LogP contribution in [0.25, 0.3) is 0 Å². The van der Waals surface area contributed by atoms with Crippen LogP contribution in [0.3, 0.4) is 0 Å². The molecule has 0 aromatic heterocycles. The first-order chi connectivity index (χ1) is 11.0. The molecule has 1 aliphatic heterocycles. The van der Waals surface area contributed by atoms with Crippen molar-refractivity contribution in [3.05, 3.63) is 22.7 Å². The first-order valence-corrected chi connectivity index (χ1v) is 8.45. The van der Waals surface area contributed by atoms with Crippen LogP contribution >= 0.6 is 15.9 Å². The predicted molar refractivity (Wildman–Crippen MR) is 92.4 cm³/mol. The van der Waals surface area contributed by atoms with Crippen molar-refractivity contribution in [3.63, 3.8) is 0 Å². The van der Waals surface area contributed by atoms with Gasteiger partial charge in [-0.2, -0.15) is 13.2 Å². The van der Waals surface area contributed by atoms with E-state index in [-0.39, 0.29) is 11.2 Å². The van der Waals surface area contributed by atoms with Gasteiger partial charge in [-0.3, -0.25) is 9.69 Å². The molecule has 1 aromatic rings. The van der Waals surface area contributed by atoms with E-state index >= 15 is 0 Å². The van der Waals surface area contributed by atoms with Gasteiger partial charge in [0.15, 0.2) is 0 Å². The number of piperazine rings is 1. The summed E-state index contributed by atoms with van der Waals surface area (Å²) in [7, 11) is 0. The van der Waals surface area contributed by atoms with Crippen molar-refractivity contribution >= 4 is 33.2 Å². The minimum atomic E-state index is -4.91. The SMILES string of the molecule is CC(C)(C)N1CCN(c2cc(Br)ccc2NC(=O)C(F)(F)F)CC1. The minimum absolute atomic E-state index is 0.0523. The Morgan fingerprint density at radius 2 is 1.71 bits per heavy atom. The fourth-order valence-electron chi connectivity index (χ4n) is 2.68. The molecule has 24 heavy (non-hydrogen) atoms. The Morgan fingerprint density at radius 3 is 2.21 bits per heavy atom. The Bertz CT molecular complexity index is 606. The number of hydrogen-bond donors (Lipinski definition) is 1. The van der Waals surface area contributed by atoms with E-state index in [0.717, 1.165) is 17.6 Å². The van der Waals surface area contributed by atoms with Gasteiger partial charge in [-0.15, -0.1) is 0 Å². The highest BCUT2D eigenvalue weighted by molar-refractivity contribution is 9.10. The van der Waals surface area contributed by atoms with Gasteiger partial charge in [-0.25, -0.2) is 0 Å². The van der Waals surface area contributed by atoms with Gasteiger partial charge in [0.1, 0.15) is 0 Å². The molecule has 1 aliphatic rings. The fraction of sp³-hybridized carbons (Fsp3) is 0.562. The molecule has 0 bridgehead atoms. The Kier molecular flexibility index (Phi) is 5.49. The van der Waals surface area contributed by atoms with Crippen LogP contribution in [0, 0.1) is 0 Å². The molecule has 0 atom stereocenters. The number of carbonyl (C=O) groups excluding carboxylic acids is 1. The molecule has 0 aliphatic carbocycles. The third-order valence-corrected chi connectivity index (χ3v) is 4.53. The molecule has 4 nitrogen and oxygen atoms in total. The summed E-state index contributed by atoms with van der Waals surface area (Å²) < 4.78 is 38.3. The Balaban J connectivity index is 2.18. The molecule has 0 saturated carbocycles. The van der Waals surface area contributed by atoms with Crippen molar-refractivity contribution < 1.29 is 18.0 Å². The molecule has 1 amide bonds. The highest BCUT2D eigenvalue weighted by Gasteiger charge is 2.39. The largest absolute Gasteiger partial charge is 0.471 e. The minimum Gasteiger partial charge on any atom is -0.367 e. The van der Waals surface area contributed by atoms with E-state index in [9.17, 15) is 18.0 Å². The van der Waals surface area contributed by atoms with Crippen molar-refractivity contribution in [1.29, 1.82) is 0 Å². The van der Waals surface area contributed by atoms with Crippen molar-refractivity contribution in [2.75, 3.05) is 36.4 Å². The zero-order chi connectivity index (χ0) is 18.1. The summed E-state index contributed by atoms with van der Waals surface area (Å²) >= 11 is 3.34. The van der Waals surface area contributed by atoms with Crippen LogP contribution in [0.15, 0.2) is 22.7 Å². The zero-order valence-corrected chi connectivity index (χ0v) is 15.5. The molecule has 134 valence electrons. The summed E-state index contributed by atoms with van der Waals surface area (Å²) in [5, 5.41) is 1.98. The van der Waals surface area contributed by atoms with Gasteiger partial charge in [0, 0.05) is 36.2 Å². The fourth-order valence-corrected chi connectivity index (χ4v) is 3.03. The lowest BCUT2D eigenvalue weighted by Gasteiger charge is -2.43. The van der Waals surface area contributed by atoms with Gasteiger partial charge in [0.25, 0.3) is 0 Å². The summed E-state index contributed by atoms with van der Waals surface area (Å²) in [6, 6.07) is 4.83. The maximum atomic E-state index is 12.5. The molecule has 2 rings (SSSR count). The van der Waals surface area contributed by atoms with Crippen LogP contribution in [-0.2, 0) is 4.79 Å². The number of nitrogens with zero attached hydrogens (tertiary/aromatic N) is 2. The first-order valence-electron chi connectivity index (χ1n) is 7.66. The number of anilines is 2. The van der Waals surface area contributed by atoms with Crippen LogP contribution in [0.1, 0.15) is 20.8 Å². The van der Waals surface area contributed by atoms with Gasteiger partial charge in [-0.05, 0) is 39.0 Å². The van der Waals surface area contributed by atoms with Crippen molar-refractivity contribution in [1.82, 2.24) is 4.90 Å². The Morgan fingerprint density at radius 1 is 1.12 bits per heavy atom. The Hall–Kier alpha value is -1.28. The highest BCUT2D eigenvalue weighted by Crippen LogP contribution is 2.32. The molecular weight excluding hydrogens is 387 g/mol. The van der Waals surface area contributed by atoms with E-state index < -0.39 is 12.1 Å². The second kappa shape index (κ2) is 6.92. The molecule has 0 unspecified atom stereocenters. The molecule has 0 radical (unpaired) electrons. The van der Waals surface area contributed by atoms with E-state index in [1.54, 1.807) is 12.1 Å². The number of hydrogen-bond acceptors (Lipinski definition) is 3. The number of amides is 1. The second-order valence-corrected chi connectivity index (χ2v) is 7.67. The van der Waals surface area contributed by atoms with Crippen molar-refractivity contribution in [2.45, 2.75) is 32.5 Å². The van der Waals surface area contributed by atoms with Crippen LogP contribution in [0.2, 0.25) is 0 Å². The second-order valence-electron chi connectivity index (χ2n) is 6.76. The molecule has 8 heteroatoms. The number of alkyl halides is 3. The lowest BCUT2D eigenvalue weighted by molar-refractivity contribution is -0.167. The quantitative estimate of drug-likeness (QED) is 0.807. The number of rotatable bonds is 2. The summed E-state index contributed by atoms with van der Waals surface area (Å²) in [4.78, 5) is 15.6. The van der Waals surface area contributed by atoms with E-state index in [4.69, 9.17) is 0 Å². The number of nitrogens with one attached hydrogen (secondary N) is 1. The third-order valence-electron chi connectivity index (χ3n) is 4.03. The molecule has 1 saturated heterocycles. The number of halogens is 4. The van der Waals surface area contributed by atoms with E-state index in [1.165, 1.54) is 6.07 Å². The molecule has 1 fully saturated rings. The van der Waals surface area contributed by atoms with E-state index in [2.05, 4.69) is 41.6 Å². The van der Waals surface area contributed by atoms with Crippen molar-refractivity contribution in [2.24, 2.45) is 0 Å². The molecular formula is C16H21BrF3N3O. The first kappa shape index (κ1) is 19.1. The molecule has 0 spiro atoms. The van der Waals surface area contributed by atoms with Gasteiger partial charge in [-0.1, -0.05) is 15.9 Å². The lowest BCUT2D eigenvalue weighted by atomic mass is 10.0. The van der Waals surface area contributed by atoms with E-state index in [0.29, 0.717) is 18.8 Å². The van der Waals surface area contributed by atoms with Crippen LogP contribution < -0.4 is 10.2 Å². The maximum absolute atomic E-state index is 12.5. The highest BCUT2D eigenvalue weighted by atomic mass is 79.9. The molecule has 1 heterocycles. The Labute approximate surface area is 148 Å². The summed E-state index contributed by atoms with van der Waals surface area (Å²) in [5.74, 6) is -1.96. The normalized spacial score (nSPS) is 17.0. The molecule has 1 N–H and O–H groups in total. The third kappa shape index (κ3) is 4.63. The van der Waals surface area contributed by atoms with E-state index in [1.807, 2.05) is 10.2 Å². The van der Waals surface area contributed by atoms with Gasteiger partial charge >= 0.3 is 12.1 Å². The summed E-state index contributed by atoms with van der Waals surface area (Å²) in [5.41, 5.74) is 0.816. The van der Waals surface area contributed by atoms with Gasteiger partial charge in [0.2, 0.25) is 0 Å². The van der Waals surface area contributed by atoms with Gasteiger partial charge in [0.05, 0.1) is 11.4 Å². The summed E-state index contributed by atoms with van der Waals surface area (Å²) in [6.07, 6.45) is -4.91. The average molecular weight is 408 g/mol. The standard InChI is InChI=1S/C16H21BrF3N3O/c1-15(2,3)23-8-6-22(7-9-23)13-10-11(17)4-5-12(13)21-14(24)16(18,19)20/h4-5,10H,6-9H2,1-3H3,(H,21,24). The molecule has 1 aromatic carbocycles. The predicted octanol–water partition coefficient (Wildman–Crippen LogP) is 3.87. The number of carbonyl (C=O) groups is 1. The monoisotopic (exact) mass is 407 g/mol. The average Bonchev–Trinajstić information content (AvgIpc) is 2.47. The maximum Gasteiger partial charge on any atom is 0.471 e. The van der Waals surface area contributed by atoms with Crippen LogP contribution in [0.5, 0.6) is 0 Å².